The molecule has 1 unspecified atom stereocenters. The fourth-order valence-electron chi connectivity index (χ4n) is 0.885. The normalized spacial score (nSPS) is 13.4. The molecule has 0 saturated carbocycles. The van der Waals surface area contributed by atoms with Gasteiger partial charge in [0.05, 0.1) is 6.33 Å². The van der Waals surface area contributed by atoms with Gasteiger partial charge in [0.1, 0.15) is 0 Å². The minimum atomic E-state index is 0.558. The second-order valence-electron chi connectivity index (χ2n) is 2.23. The van der Waals surface area contributed by atoms with Gasteiger partial charge in [-0.05, 0) is 6.42 Å². The van der Waals surface area contributed by atoms with Crippen molar-refractivity contribution in [2.75, 3.05) is 5.33 Å². The summed E-state index contributed by atoms with van der Waals surface area (Å²) in [6.45, 7) is 2.17. The summed E-state index contributed by atoms with van der Waals surface area (Å²) in [6, 6.07) is 0.558. The average Bonchev–Trinajstić information content (AvgIpc) is 2.43. The number of imidazole rings is 1. The van der Waals surface area contributed by atoms with Gasteiger partial charge in [0.2, 0.25) is 0 Å². The maximum absolute atomic E-state index is 3.98. The maximum atomic E-state index is 3.98. The van der Waals surface area contributed by atoms with E-state index in [1.54, 1.807) is 0 Å². The predicted octanol–water partition coefficient (Wildman–Crippen LogP) is 2.23. The van der Waals surface area contributed by atoms with Crippen molar-refractivity contribution in [3.8, 4) is 0 Å². The second kappa shape index (κ2) is 3.76. The van der Waals surface area contributed by atoms with Gasteiger partial charge in [0, 0.05) is 23.8 Å². The van der Waals surface area contributed by atoms with E-state index in [2.05, 4.69) is 32.4 Å². The Labute approximate surface area is 69.4 Å². The molecule has 1 heterocycles. The molecule has 3 heteroatoms. The number of aromatic nitrogens is 2. The molecule has 0 fully saturated rings. The first-order valence-electron chi connectivity index (χ1n) is 3.42. The molecule has 10 heavy (non-hydrogen) atoms. The molecule has 0 spiro atoms. The number of nitrogens with zero attached hydrogens (tertiary/aromatic N) is 2. The molecule has 1 atom stereocenters. The van der Waals surface area contributed by atoms with Gasteiger partial charge in [-0.2, -0.15) is 0 Å². The number of alkyl halides is 1. The Kier molecular flexibility index (Phi) is 2.93. The van der Waals surface area contributed by atoms with E-state index in [4.69, 9.17) is 0 Å². The first kappa shape index (κ1) is 7.79. The predicted molar refractivity (Wildman–Crippen MR) is 45.3 cm³/mol. The molecule has 0 amide bonds. The molecule has 0 N–H and O–H groups in total. The lowest BCUT2D eigenvalue weighted by Crippen LogP contribution is -2.06. The zero-order valence-electron chi connectivity index (χ0n) is 6.00. The molecular formula is C7H11BrN2. The van der Waals surface area contributed by atoms with Crippen molar-refractivity contribution in [3.63, 3.8) is 0 Å². The highest BCUT2D eigenvalue weighted by Gasteiger charge is 2.03. The first-order chi connectivity index (χ1) is 4.88. The summed E-state index contributed by atoms with van der Waals surface area (Å²) < 4.78 is 2.12. The van der Waals surface area contributed by atoms with Crippen LogP contribution in [0.1, 0.15) is 19.4 Å². The van der Waals surface area contributed by atoms with Crippen LogP contribution in [0.25, 0.3) is 0 Å². The van der Waals surface area contributed by atoms with Crippen molar-refractivity contribution in [1.82, 2.24) is 9.55 Å². The monoisotopic (exact) mass is 202 g/mol. The molecule has 0 bridgehead atoms. The standard InChI is InChI=1S/C7H11BrN2/c1-2-7(5-8)10-4-3-9-6-10/h3-4,6-7H,2,5H2,1H3. The van der Waals surface area contributed by atoms with Crippen molar-refractivity contribution in [1.29, 1.82) is 0 Å². The van der Waals surface area contributed by atoms with Crippen LogP contribution in [0.5, 0.6) is 0 Å². The van der Waals surface area contributed by atoms with E-state index in [1.165, 1.54) is 0 Å². The van der Waals surface area contributed by atoms with Crippen molar-refractivity contribution < 1.29 is 0 Å². The summed E-state index contributed by atoms with van der Waals surface area (Å²) in [5.74, 6) is 0. The van der Waals surface area contributed by atoms with Crippen LogP contribution in [0.15, 0.2) is 18.7 Å². The molecule has 0 saturated heterocycles. The van der Waals surface area contributed by atoms with E-state index in [9.17, 15) is 0 Å². The van der Waals surface area contributed by atoms with Crippen molar-refractivity contribution in [2.45, 2.75) is 19.4 Å². The van der Waals surface area contributed by atoms with E-state index in [0.717, 1.165) is 11.8 Å². The molecule has 0 aliphatic heterocycles. The van der Waals surface area contributed by atoms with Crippen LogP contribution in [0.3, 0.4) is 0 Å². The van der Waals surface area contributed by atoms with E-state index in [1.807, 2.05) is 18.7 Å². The molecule has 0 aromatic carbocycles. The topological polar surface area (TPSA) is 17.8 Å². The zero-order valence-corrected chi connectivity index (χ0v) is 7.58. The lowest BCUT2D eigenvalue weighted by molar-refractivity contribution is 0.542. The Bertz CT molecular complexity index is 168. The molecule has 0 aliphatic rings. The summed E-state index contributed by atoms with van der Waals surface area (Å²) in [7, 11) is 0. The van der Waals surface area contributed by atoms with Crippen LogP contribution >= 0.6 is 15.9 Å². The summed E-state index contributed by atoms with van der Waals surface area (Å²) >= 11 is 3.45. The Morgan fingerprint density at radius 3 is 2.90 bits per heavy atom. The Balaban J connectivity index is 2.64. The quantitative estimate of drug-likeness (QED) is 0.688. The molecular weight excluding hydrogens is 192 g/mol. The van der Waals surface area contributed by atoms with Gasteiger partial charge in [-0.3, -0.25) is 0 Å². The van der Waals surface area contributed by atoms with Gasteiger partial charge < -0.3 is 4.57 Å². The minimum absolute atomic E-state index is 0.558. The third-order valence-electron chi connectivity index (χ3n) is 1.60. The molecule has 1 aromatic heterocycles. The highest BCUT2D eigenvalue weighted by atomic mass is 79.9. The molecule has 56 valence electrons. The lowest BCUT2D eigenvalue weighted by atomic mass is 10.3. The maximum Gasteiger partial charge on any atom is 0.0948 e. The van der Waals surface area contributed by atoms with Crippen LogP contribution in [0.2, 0.25) is 0 Å². The lowest BCUT2D eigenvalue weighted by Gasteiger charge is -2.11. The first-order valence-corrected chi connectivity index (χ1v) is 4.54. The van der Waals surface area contributed by atoms with Crippen LogP contribution < -0.4 is 0 Å². The van der Waals surface area contributed by atoms with Crippen LogP contribution in [0, 0.1) is 0 Å². The van der Waals surface area contributed by atoms with Crippen molar-refractivity contribution in [2.24, 2.45) is 0 Å². The third-order valence-corrected chi connectivity index (χ3v) is 2.34. The van der Waals surface area contributed by atoms with Gasteiger partial charge in [-0.1, -0.05) is 22.9 Å². The van der Waals surface area contributed by atoms with Gasteiger partial charge >= 0.3 is 0 Å². The van der Waals surface area contributed by atoms with Gasteiger partial charge in [-0.15, -0.1) is 0 Å². The molecule has 1 rings (SSSR count). The van der Waals surface area contributed by atoms with E-state index in [-0.39, 0.29) is 0 Å². The summed E-state index contributed by atoms with van der Waals surface area (Å²) in [6.07, 6.45) is 6.80. The zero-order chi connectivity index (χ0) is 7.40. The smallest absolute Gasteiger partial charge is 0.0948 e. The second-order valence-corrected chi connectivity index (χ2v) is 2.87. The Morgan fingerprint density at radius 2 is 2.50 bits per heavy atom. The van der Waals surface area contributed by atoms with Gasteiger partial charge in [-0.25, -0.2) is 4.98 Å². The van der Waals surface area contributed by atoms with Crippen LogP contribution in [-0.2, 0) is 0 Å². The summed E-state index contributed by atoms with van der Waals surface area (Å²) in [5, 5.41) is 1.000. The Morgan fingerprint density at radius 1 is 1.70 bits per heavy atom. The van der Waals surface area contributed by atoms with E-state index < -0.39 is 0 Å². The minimum Gasteiger partial charge on any atom is -0.334 e. The van der Waals surface area contributed by atoms with E-state index >= 15 is 0 Å². The fraction of sp³-hybridized carbons (Fsp3) is 0.571. The highest BCUT2D eigenvalue weighted by molar-refractivity contribution is 9.09. The number of halogens is 1. The molecule has 0 radical (unpaired) electrons. The fourth-order valence-corrected chi connectivity index (χ4v) is 1.68. The molecule has 0 aliphatic carbocycles. The number of rotatable bonds is 3. The van der Waals surface area contributed by atoms with Crippen LogP contribution in [0.4, 0.5) is 0 Å². The summed E-state index contributed by atoms with van der Waals surface area (Å²) in [4.78, 5) is 3.98. The third kappa shape index (κ3) is 1.59. The van der Waals surface area contributed by atoms with Gasteiger partial charge in [0.15, 0.2) is 0 Å². The highest BCUT2D eigenvalue weighted by Crippen LogP contribution is 2.12. The van der Waals surface area contributed by atoms with Crippen molar-refractivity contribution in [3.05, 3.63) is 18.7 Å². The Hall–Kier alpha value is -0.310. The SMILES string of the molecule is CCC(CBr)n1ccnc1. The van der Waals surface area contributed by atoms with Crippen molar-refractivity contribution >= 4 is 15.9 Å². The number of hydrogen-bond acceptors (Lipinski definition) is 1. The van der Waals surface area contributed by atoms with Gasteiger partial charge in [0.25, 0.3) is 0 Å². The average molecular weight is 203 g/mol. The largest absolute Gasteiger partial charge is 0.334 e. The van der Waals surface area contributed by atoms with Crippen LogP contribution in [-0.4, -0.2) is 14.9 Å². The molecule has 2 nitrogen and oxygen atoms in total. The van der Waals surface area contributed by atoms with E-state index in [0.29, 0.717) is 6.04 Å². The molecule has 1 aromatic rings. The summed E-state index contributed by atoms with van der Waals surface area (Å²) in [5.41, 5.74) is 0. The number of hydrogen-bond donors (Lipinski definition) is 0.